The minimum absolute atomic E-state index is 0.266. The monoisotopic (exact) mass is 234 g/mol. The second kappa shape index (κ2) is 5.50. The van der Waals surface area contributed by atoms with Crippen LogP contribution in [0, 0.1) is 0 Å². The van der Waals surface area contributed by atoms with E-state index in [2.05, 4.69) is 0 Å². The second-order valence-corrected chi connectivity index (χ2v) is 3.81. The van der Waals surface area contributed by atoms with E-state index in [1.165, 1.54) is 17.7 Å². The zero-order valence-corrected chi connectivity index (χ0v) is 9.39. The molecule has 0 atom stereocenters. The van der Waals surface area contributed by atoms with Crippen LogP contribution >= 0.6 is 0 Å². The molecule has 4 heteroatoms. The molecule has 0 spiro atoms. The molecule has 0 bridgehead atoms. The van der Waals surface area contributed by atoms with Crippen LogP contribution in [0.15, 0.2) is 35.9 Å². The summed E-state index contributed by atoms with van der Waals surface area (Å²) in [5.41, 5.74) is 1.49. The van der Waals surface area contributed by atoms with E-state index in [4.69, 9.17) is 14.6 Å². The Morgan fingerprint density at radius 1 is 1.35 bits per heavy atom. The molecule has 0 aliphatic carbocycles. The van der Waals surface area contributed by atoms with Gasteiger partial charge in [0.05, 0.1) is 18.8 Å². The summed E-state index contributed by atoms with van der Waals surface area (Å²) in [6.45, 7) is 1.93. The molecule has 90 valence electrons. The second-order valence-electron chi connectivity index (χ2n) is 3.81. The molecular formula is C13H14O4. The summed E-state index contributed by atoms with van der Waals surface area (Å²) in [6.07, 6.45) is 2.92. The zero-order chi connectivity index (χ0) is 12.1. The number of carbonyl (C=O) groups is 1. The van der Waals surface area contributed by atoms with Crippen molar-refractivity contribution in [2.24, 2.45) is 0 Å². The Bertz CT molecular complexity index is 420. The average Bonchev–Trinajstić information content (AvgIpc) is 2.38. The standard InChI is InChI=1S/C13H14O4/c14-13(15)11-1-3-12(4-2-11)17-9-10-5-7-16-8-6-10/h1-5H,6-9H2,(H,14,15). The Kier molecular flexibility index (Phi) is 3.77. The maximum atomic E-state index is 10.7. The highest BCUT2D eigenvalue weighted by Gasteiger charge is 2.05. The molecular weight excluding hydrogens is 220 g/mol. The summed E-state index contributed by atoms with van der Waals surface area (Å²) < 4.78 is 10.8. The van der Waals surface area contributed by atoms with Crippen molar-refractivity contribution in [3.05, 3.63) is 41.5 Å². The molecule has 2 rings (SSSR count). The molecule has 0 saturated carbocycles. The van der Waals surface area contributed by atoms with E-state index < -0.39 is 5.97 Å². The lowest BCUT2D eigenvalue weighted by atomic mass is 10.2. The predicted octanol–water partition coefficient (Wildman–Crippen LogP) is 2.11. The first-order chi connectivity index (χ1) is 8.25. The molecule has 1 heterocycles. The van der Waals surface area contributed by atoms with Crippen molar-refractivity contribution in [2.45, 2.75) is 6.42 Å². The smallest absolute Gasteiger partial charge is 0.335 e. The van der Waals surface area contributed by atoms with Gasteiger partial charge in [-0.05, 0) is 36.3 Å². The first-order valence-electron chi connectivity index (χ1n) is 5.47. The number of aromatic carboxylic acids is 1. The van der Waals surface area contributed by atoms with Crippen LogP contribution in [0.4, 0.5) is 0 Å². The molecule has 17 heavy (non-hydrogen) atoms. The summed E-state index contributed by atoms with van der Waals surface area (Å²) in [7, 11) is 0. The number of hydrogen-bond donors (Lipinski definition) is 1. The van der Waals surface area contributed by atoms with Gasteiger partial charge in [0.15, 0.2) is 0 Å². The fraction of sp³-hybridized carbons (Fsp3) is 0.308. The van der Waals surface area contributed by atoms with Gasteiger partial charge in [-0.3, -0.25) is 0 Å². The summed E-state index contributed by atoms with van der Waals surface area (Å²) in [5.74, 6) is -0.244. The lowest BCUT2D eigenvalue weighted by Gasteiger charge is -2.14. The molecule has 0 fully saturated rings. The maximum Gasteiger partial charge on any atom is 0.335 e. The lowest BCUT2D eigenvalue weighted by molar-refractivity contribution is 0.0697. The van der Waals surface area contributed by atoms with E-state index in [9.17, 15) is 4.79 Å². The Labute approximate surface area is 99.5 Å². The number of hydrogen-bond acceptors (Lipinski definition) is 3. The number of benzene rings is 1. The van der Waals surface area contributed by atoms with E-state index in [-0.39, 0.29) is 5.56 Å². The SMILES string of the molecule is O=C(O)c1ccc(OCC2=CCOCC2)cc1. The number of ether oxygens (including phenoxy) is 2. The van der Waals surface area contributed by atoms with Gasteiger partial charge in [0.25, 0.3) is 0 Å². The highest BCUT2D eigenvalue weighted by atomic mass is 16.5. The van der Waals surface area contributed by atoms with Crippen molar-refractivity contribution in [3.8, 4) is 5.75 Å². The van der Waals surface area contributed by atoms with Crippen LogP contribution in [0.3, 0.4) is 0 Å². The first kappa shape index (κ1) is 11.7. The van der Waals surface area contributed by atoms with Crippen LogP contribution in [-0.4, -0.2) is 30.9 Å². The largest absolute Gasteiger partial charge is 0.489 e. The normalized spacial score (nSPS) is 15.2. The van der Waals surface area contributed by atoms with Gasteiger partial charge in [0.2, 0.25) is 0 Å². The summed E-state index contributed by atoms with van der Waals surface area (Å²) >= 11 is 0. The van der Waals surface area contributed by atoms with E-state index >= 15 is 0 Å². The number of rotatable bonds is 4. The topological polar surface area (TPSA) is 55.8 Å². The molecule has 0 saturated heterocycles. The molecule has 0 unspecified atom stereocenters. The first-order valence-corrected chi connectivity index (χ1v) is 5.47. The van der Waals surface area contributed by atoms with E-state index in [0.717, 1.165) is 13.0 Å². The molecule has 1 aromatic carbocycles. The third-order valence-electron chi connectivity index (χ3n) is 2.58. The predicted molar refractivity (Wildman–Crippen MR) is 62.4 cm³/mol. The molecule has 0 radical (unpaired) electrons. The lowest BCUT2D eigenvalue weighted by Crippen LogP contribution is -2.10. The van der Waals surface area contributed by atoms with Crippen molar-refractivity contribution in [1.29, 1.82) is 0 Å². The maximum absolute atomic E-state index is 10.7. The Hall–Kier alpha value is -1.81. The quantitative estimate of drug-likeness (QED) is 0.811. The third kappa shape index (κ3) is 3.32. The minimum atomic E-state index is -0.927. The van der Waals surface area contributed by atoms with Gasteiger partial charge in [-0.2, -0.15) is 0 Å². The Balaban J connectivity index is 1.90. The van der Waals surface area contributed by atoms with Gasteiger partial charge in [-0.25, -0.2) is 4.79 Å². The van der Waals surface area contributed by atoms with Gasteiger partial charge in [0, 0.05) is 0 Å². The van der Waals surface area contributed by atoms with Crippen molar-refractivity contribution in [1.82, 2.24) is 0 Å². The van der Waals surface area contributed by atoms with Crippen LogP contribution < -0.4 is 4.74 Å². The van der Waals surface area contributed by atoms with Crippen molar-refractivity contribution < 1.29 is 19.4 Å². The van der Waals surface area contributed by atoms with Crippen LogP contribution in [0.5, 0.6) is 5.75 Å². The Morgan fingerprint density at radius 3 is 2.71 bits per heavy atom. The van der Waals surface area contributed by atoms with E-state index in [1.807, 2.05) is 6.08 Å². The van der Waals surface area contributed by atoms with Crippen LogP contribution in [0.25, 0.3) is 0 Å². The molecule has 4 nitrogen and oxygen atoms in total. The van der Waals surface area contributed by atoms with Crippen LogP contribution in [0.2, 0.25) is 0 Å². The van der Waals surface area contributed by atoms with Gasteiger partial charge >= 0.3 is 5.97 Å². The van der Waals surface area contributed by atoms with Crippen molar-refractivity contribution >= 4 is 5.97 Å². The molecule has 1 aromatic rings. The van der Waals surface area contributed by atoms with E-state index in [0.29, 0.717) is 19.0 Å². The van der Waals surface area contributed by atoms with Gasteiger partial charge < -0.3 is 14.6 Å². The highest BCUT2D eigenvalue weighted by molar-refractivity contribution is 5.87. The van der Waals surface area contributed by atoms with Gasteiger partial charge in [0.1, 0.15) is 12.4 Å². The summed E-state index contributed by atoms with van der Waals surface area (Å²) in [5, 5.41) is 8.75. The van der Waals surface area contributed by atoms with Crippen molar-refractivity contribution in [3.63, 3.8) is 0 Å². The summed E-state index contributed by atoms with van der Waals surface area (Å²) in [6, 6.07) is 6.42. The molecule has 1 aliphatic heterocycles. The molecule has 0 aromatic heterocycles. The van der Waals surface area contributed by atoms with Crippen LogP contribution in [-0.2, 0) is 4.74 Å². The number of carboxylic acid groups (broad SMARTS) is 1. The van der Waals surface area contributed by atoms with Gasteiger partial charge in [-0.1, -0.05) is 6.08 Å². The average molecular weight is 234 g/mol. The zero-order valence-electron chi connectivity index (χ0n) is 9.39. The summed E-state index contributed by atoms with van der Waals surface area (Å²) in [4.78, 5) is 10.7. The molecule has 0 amide bonds. The third-order valence-corrected chi connectivity index (χ3v) is 2.58. The number of carboxylic acids is 1. The Morgan fingerprint density at radius 2 is 2.12 bits per heavy atom. The van der Waals surface area contributed by atoms with Crippen molar-refractivity contribution in [2.75, 3.05) is 19.8 Å². The minimum Gasteiger partial charge on any atom is -0.489 e. The molecule has 1 N–H and O–H groups in total. The highest BCUT2D eigenvalue weighted by Crippen LogP contribution is 2.15. The fourth-order valence-corrected chi connectivity index (χ4v) is 1.57. The van der Waals surface area contributed by atoms with Gasteiger partial charge in [-0.15, -0.1) is 0 Å². The van der Waals surface area contributed by atoms with E-state index in [1.54, 1.807) is 12.1 Å². The van der Waals surface area contributed by atoms with Crippen LogP contribution in [0.1, 0.15) is 16.8 Å². The fourth-order valence-electron chi connectivity index (χ4n) is 1.57. The molecule has 1 aliphatic rings.